The third kappa shape index (κ3) is 8.53. The molecule has 1 atom stereocenters. The highest BCUT2D eigenvalue weighted by Gasteiger charge is 2.12. The van der Waals surface area contributed by atoms with Gasteiger partial charge in [-0.25, -0.2) is 4.21 Å². The summed E-state index contributed by atoms with van der Waals surface area (Å²) < 4.78 is 29.5. The number of pyridine rings is 2. The summed E-state index contributed by atoms with van der Waals surface area (Å²) in [5, 5.41) is 28.1. The topological polar surface area (TPSA) is 138 Å². The number of phenols is 2. The molecule has 0 saturated carbocycles. The smallest absolute Gasteiger partial charge is 0.124 e. The van der Waals surface area contributed by atoms with Gasteiger partial charge in [0.1, 0.15) is 23.0 Å². The molecule has 0 aliphatic heterocycles. The van der Waals surface area contributed by atoms with Crippen molar-refractivity contribution in [1.82, 2.24) is 9.97 Å². The fourth-order valence-corrected chi connectivity index (χ4v) is 7.44. The molecule has 0 saturated heterocycles. The van der Waals surface area contributed by atoms with E-state index in [-0.39, 0.29) is 11.5 Å². The number of aromatic nitrogens is 2. The molecular weight excluding hydrogens is 742 g/mol. The molecule has 12 heteroatoms. The average Bonchev–Trinajstić information content (AvgIpc) is 3.15. The van der Waals surface area contributed by atoms with Gasteiger partial charge >= 0.3 is 0 Å². The van der Waals surface area contributed by atoms with Crippen LogP contribution in [0.1, 0.15) is 6.92 Å². The van der Waals surface area contributed by atoms with Gasteiger partial charge in [-0.05, 0) is 60.7 Å². The SMILES string of the molecule is CCS(=O)(=Nc1ccc2nccc(Nc3cc(O)cc(OC)c3)c2c1)c1ccccc1.COc1cc(O)cc(Nc2ccnc3ccc(Br)cc23)c1. The minimum Gasteiger partial charge on any atom is -0.508 e. The summed E-state index contributed by atoms with van der Waals surface area (Å²) in [7, 11) is 0.536. The van der Waals surface area contributed by atoms with Crippen molar-refractivity contribution in [3.63, 3.8) is 0 Å². The minimum absolute atomic E-state index is 0.0986. The Labute approximate surface area is 310 Å². The zero-order chi connectivity index (χ0) is 36.7. The Morgan fingerprint density at radius 3 is 1.77 bits per heavy atom. The number of methoxy groups -OCH3 is 2. The van der Waals surface area contributed by atoms with Crippen molar-refractivity contribution in [1.29, 1.82) is 0 Å². The van der Waals surface area contributed by atoms with Crippen molar-refractivity contribution in [2.75, 3.05) is 30.6 Å². The maximum Gasteiger partial charge on any atom is 0.124 e. The molecule has 2 aromatic heterocycles. The maximum absolute atomic E-state index is 13.5. The lowest BCUT2D eigenvalue weighted by atomic mass is 10.1. The van der Waals surface area contributed by atoms with Crippen LogP contribution < -0.4 is 20.1 Å². The monoisotopic (exact) mass is 777 g/mol. The highest BCUT2D eigenvalue weighted by Crippen LogP contribution is 2.34. The minimum atomic E-state index is -2.58. The summed E-state index contributed by atoms with van der Waals surface area (Å²) in [4.78, 5) is 9.48. The molecule has 5 aromatic carbocycles. The first-order valence-electron chi connectivity index (χ1n) is 16.2. The number of anilines is 4. The first-order valence-corrected chi connectivity index (χ1v) is 18.7. The molecule has 0 amide bonds. The Bertz CT molecular complexity index is 2490. The summed E-state index contributed by atoms with van der Waals surface area (Å²) in [5.74, 6) is 1.80. The lowest BCUT2D eigenvalue weighted by molar-refractivity contribution is 0.407. The molecule has 264 valence electrons. The molecule has 1 unspecified atom stereocenters. The summed E-state index contributed by atoms with van der Waals surface area (Å²) in [5.41, 5.74) is 5.42. The number of fused-ring (bicyclic) bond motifs is 2. The van der Waals surface area contributed by atoms with Crippen LogP contribution in [0.4, 0.5) is 28.4 Å². The molecule has 10 nitrogen and oxygen atoms in total. The van der Waals surface area contributed by atoms with Crippen LogP contribution in [-0.2, 0) is 9.73 Å². The summed E-state index contributed by atoms with van der Waals surface area (Å²) in [6.45, 7) is 1.88. The standard InChI is InChI=1S/C24H23N3O3S.C16H13BrN2O2/c1-3-31(29,21-7-5-4-6-8-21)27-17-9-10-23-22(15-17)24(11-12-25-23)26-18-13-19(28)16-20(14-18)30-2;1-21-13-8-11(7-12(20)9-13)19-16-4-5-18-15-3-2-10(17)6-14(15)16/h4-16,28H,3H2,1-2H3,(H,25,26);2-9,20H,1H3,(H,18,19). The number of nitrogens with one attached hydrogen (secondary N) is 2. The van der Waals surface area contributed by atoms with E-state index in [0.29, 0.717) is 33.5 Å². The van der Waals surface area contributed by atoms with Gasteiger partial charge in [-0.15, -0.1) is 0 Å². The van der Waals surface area contributed by atoms with Gasteiger partial charge in [-0.2, -0.15) is 4.36 Å². The number of benzene rings is 5. The van der Waals surface area contributed by atoms with Crippen LogP contribution in [-0.4, -0.2) is 44.4 Å². The van der Waals surface area contributed by atoms with Crippen LogP contribution in [0, 0.1) is 0 Å². The Kier molecular flexibility index (Phi) is 11.1. The quantitative estimate of drug-likeness (QED) is 0.113. The lowest BCUT2D eigenvalue weighted by Gasteiger charge is -2.12. The van der Waals surface area contributed by atoms with Gasteiger partial charge in [0, 0.05) is 97.4 Å². The molecule has 0 radical (unpaired) electrons. The van der Waals surface area contributed by atoms with Crippen molar-refractivity contribution in [2.45, 2.75) is 11.8 Å². The molecule has 0 aliphatic rings. The number of halogens is 1. The largest absolute Gasteiger partial charge is 0.508 e. The van der Waals surface area contributed by atoms with Crippen LogP contribution in [0.15, 0.2) is 141 Å². The molecule has 52 heavy (non-hydrogen) atoms. The number of ether oxygens (including phenoxy) is 2. The first kappa shape index (κ1) is 36.0. The van der Waals surface area contributed by atoms with E-state index in [4.69, 9.17) is 9.47 Å². The van der Waals surface area contributed by atoms with E-state index in [1.165, 1.54) is 6.07 Å². The van der Waals surface area contributed by atoms with Crippen molar-refractivity contribution in [2.24, 2.45) is 4.36 Å². The van der Waals surface area contributed by atoms with Gasteiger partial charge in [-0.3, -0.25) is 9.97 Å². The van der Waals surface area contributed by atoms with Crippen molar-refractivity contribution in [3.8, 4) is 23.0 Å². The van der Waals surface area contributed by atoms with E-state index < -0.39 is 9.73 Å². The normalized spacial score (nSPS) is 11.9. The van der Waals surface area contributed by atoms with Gasteiger partial charge in [0.05, 0.1) is 40.7 Å². The van der Waals surface area contributed by atoms with Crippen molar-refractivity contribution >= 4 is 75.9 Å². The predicted octanol–water partition coefficient (Wildman–Crippen LogP) is 10.3. The molecule has 0 bridgehead atoms. The van der Waals surface area contributed by atoms with Crippen LogP contribution >= 0.6 is 15.9 Å². The van der Waals surface area contributed by atoms with Crippen LogP contribution in [0.3, 0.4) is 0 Å². The zero-order valence-electron chi connectivity index (χ0n) is 28.6. The molecule has 0 spiro atoms. The fourth-order valence-electron chi connectivity index (χ4n) is 5.47. The van der Waals surface area contributed by atoms with Gasteiger partial charge in [-0.1, -0.05) is 41.1 Å². The molecule has 2 heterocycles. The number of hydrogen-bond donors (Lipinski definition) is 4. The average molecular weight is 779 g/mol. The van der Waals surface area contributed by atoms with E-state index in [0.717, 1.165) is 43.3 Å². The van der Waals surface area contributed by atoms with Gasteiger partial charge < -0.3 is 30.3 Å². The summed E-state index contributed by atoms with van der Waals surface area (Å²) in [6.07, 6.45) is 3.46. The number of phenolic OH excluding ortho intramolecular Hbond substituents is 2. The third-order valence-electron chi connectivity index (χ3n) is 8.00. The van der Waals surface area contributed by atoms with E-state index in [2.05, 4.69) is 40.9 Å². The van der Waals surface area contributed by atoms with E-state index in [1.807, 2.05) is 91.9 Å². The van der Waals surface area contributed by atoms with Crippen molar-refractivity contribution in [3.05, 3.63) is 132 Å². The lowest BCUT2D eigenvalue weighted by Crippen LogP contribution is -2.03. The van der Waals surface area contributed by atoms with Gasteiger partial charge in [0.15, 0.2) is 0 Å². The Balaban J connectivity index is 0.000000192. The van der Waals surface area contributed by atoms with E-state index in [1.54, 1.807) is 50.9 Å². The van der Waals surface area contributed by atoms with E-state index >= 15 is 0 Å². The number of nitrogens with zero attached hydrogens (tertiary/aromatic N) is 3. The second kappa shape index (κ2) is 16.0. The molecule has 0 fully saturated rings. The number of aromatic hydroxyl groups is 2. The number of hydrogen-bond acceptors (Lipinski definition) is 10. The zero-order valence-corrected chi connectivity index (χ0v) is 31.0. The second-order valence-electron chi connectivity index (χ2n) is 11.5. The van der Waals surface area contributed by atoms with Crippen molar-refractivity contribution < 1.29 is 23.9 Å². The second-order valence-corrected chi connectivity index (χ2v) is 14.9. The molecular formula is C40H36BrN5O5S. The Morgan fingerprint density at radius 1 is 0.692 bits per heavy atom. The van der Waals surface area contributed by atoms with Gasteiger partial charge in [0.2, 0.25) is 0 Å². The first-order chi connectivity index (χ1) is 25.2. The van der Waals surface area contributed by atoms with E-state index in [9.17, 15) is 14.4 Å². The molecule has 7 aromatic rings. The third-order valence-corrected chi connectivity index (χ3v) is 10.8. The Hall–Kier alpha value is -5.85. The summed E-state index contributed by atoms with van der Waals surface area (Å²) in [6, 6.07) is 34.5. The Morgan fingerprint density at radius 2 is 1.23 bits per heavy atom. The fraction of sp³-hybridized carbons (Fsp3) is 0.100. The maximum atomic E-state index is 13.5. The van der Waals surface area contributed by atoms with Gasteiger partial charge in [0.25, 0.3) is 0 Å². The van der Waals surface area contributed by atoms with Crippen LogP contribution in [0.5, 0.6) is 23.0 Å². The van der Waals surface area contributed by atoms with Crippen LogP contribution in [0.25, 0.3) is 21.8 Å². The predicted molar refractivity (Wildman–Crippen MR) is 213 cm³/mol. The molecule has 7 rings (SSSR count). The summed E-state index contributed by atoms with van der Waals surface area (Å²) >= 11 is 3.47. The highest BCUT2D eigenvalue weighted by molar-refractivity contribution is 9.10. The highest BCUT2D eigenvalue weighted by atomic mass is 79.9. The molecule has 4 N–H and O–H groups in total. The van der Waals surface area contributed by atoms with Crippen LogP contribution in [0.2, 0.25) is 0 Å². The number of rotatable bonds is 9. The molecule has 0 aliphatic carbocycles.